The third-order valence-corrected chi connectivity index (χ3v) is 4.59. The van der Waals surface area contributed by atoms with Gasteiger partial charge in [0.15, 0.2) is 0 Å². The summed E-state index contributed by atoms with van der Waals surface area (Å²) in [6.45, 7) is 5.44. The van der Waals surface area contributed by atoms with Gasteiger partial charge in [0.2, 0.25) is 11.8 Å². The molecule has 1 aromatic heterocycles. The van der Waals surface area contributed by atoms with Crippen molar-refractivity contribution in [3.63, 3.8) is 0 Å². The zero-order valence-corrected chi connectivity index (χ0v) is 13.5. The number of pyridine rings is 1. The lowest BCUT2D eigenvalue weighted by Crippen LogP contribution is -2.47. The summed E-state index contributed by atoms with van der Waals surface area (Å²) in [5, 5.41) is 0. The number of piperidine rings is 1. The topological polar surface area (TPSA) is 56.8 Å². The Kier molecular flexibility index (Phi) is 5.23. The smallest absolute Gasteiger partial charge is 0.229 e. The minimum absolute atomic E-state index is 0.00113. The molecule has 6 nitrogen and oxygen atoms in total. The van der Waals surface area contributed by atoms with Crippen LogP contribution in [0.25, 0.3) is 0 Å². The Morgan fingerprint density at radius 2 is 1.70 bits per heavy atom. The summed E-state index contributed by atoms with van der Waals surface area (Å²) in [5.41, 5.74) is 0. The highest BCUT2D eigenvalue weighted by Crippen LogP contribution is 2.14. The summed E-state index contributed by atoms with van der Waals surface area (Å²) >= 11 is 0. The second-order valence-corrected chi connectivity index (χ2v) is 6.16. The summed E-state index contributed by atoms with van der Waals surface area (Å²) in [6, 6.07) is 5.99. The number of hydrogen-bond acceptors (Lipinski definition) is 5. The fourth-order valence-electron chi connectivity index (χ4n) is 3.24. The Labute approximate surface area is 137 Å². The molecule has 0 atom stereocenters. The Morgan fingerprint density at radius 3 is 2.35 bits per heavy atom. The summed E-state index contributed by atoms with van der Waals surface area (Å²) in [4.78, 5) is 34.1. The van der Waals surface area contributed by atoms with E-state index in [9.17, 15) is 9.59 Å². The maximum absolute atomic E-state index is 11.8. The first-order chi connectivity index (χ1) is 11.2. The minimum atomic E-state index is 0.00113. The van der Waals surface area contributed by atoms with Crippen LogP contribution < -0.4 is 4.90 Å². The molecule has 0 N–H and O–H groups in total. The number of amides is 2. The molecule has 0 saturated carbocycles. The first kappa shape index (κ1) is 15.9. The second-order valence-electron chi connectivity index (χ2n) is 6.16. The van der Waals surface area contributed by atoms with Crippen molar-refractivity contribution >= 4 is 17.6 Å². The minimum Gasteiger partial charge on any atom is -0.354 e. The molecule has 2 aliphatic heterocycles. The van der Waals surface area contributed by atoms with Gasteiger partial charge in [-0.25, -0.2) is 4.98 Å². The zero-order valence-electron chi connectivity index (χ0n) is 13.5. The van der Waals surface area contributed by atoms with Crippen LogP contribution in [0.15, 0.2) is 24.4 Å². The third kappa shape index (κ3) is 4.07. The van der Waals surface area contributed by atoms with Crippen molar-refractivity contribution in [2.24, 2.45) is 0 Å². The Bertz CT molecular complexity index is 525. The average molecular weight is 316 g/mol. The Hall–Kier alpha value is -1.95. The second kappa shape index (κ2) is 7.55. The molecule has 0 bridgehead atoms. The predicted octanol–water partition coefficient (Wildman–Crippen LogP) is 1.13. The van der Waals surface area contributed by atoms with Gasteiger partial charge in [0.25, 0.3) is 0 Å². The number of imide groups is 1. The van der Waals surface area contributed by atoms with Crippen molar-refractivity contribution in [1.29, 1.82) is 0 Å². The molecular weight excluding hydrogens is 292 g/mol. The van der Waals surface area contributed by atoms with Gasteiger partial charge >= 0.3 is 0 Å². The van der Waals surface area contributed by atoms with Gasteiger partial charge in [-0.15, -0.1) is 0 Å². The van der Waals surface area contributed by atoms with Crippen LogP contribution in [0.3, 0.4) is 0 Å². The lowest BCUT2D eigenvalue weighted by molar-refractivity contribution is -0.148. The number of likely N-dealkylation sites (tertiary alicyclic amines) is 1. The van der Waals surface area contributed by atoms with Crippen LogP contribution in [0.4, 0.5) is 5.82 Å². The lowest BCUT2D eigenvalue weighted by atomic mass is 10.1. The van der Waals surface area contributed by atoms with Crippen LogP contribution in [0.5, 0.6) is 0 Å². The van der Waals surface area contributed by atoms with E-state index in [2.05, 4.69) is 14.8 Å². The van der Waals surface area contributed by atoms with E-state index in [4.69, 9.17) is 0 Å². The van der Waals surface area contributed by atoms with E-state index < -0.39 is 0 Å². The first-order valence-electron chi connectivity index (χ1n) is 8.45. The highest BCUT2D eigenvalue weighted by Gasteiger charge is 2.25. The molecule has 3 rings (SSSR count). The molecule has 3 heterocycles. The van der Waals surface area contributed by atoms with Crippen LogP contribution in [0.2, 0.25) is 0 Å². The molecule has 2 saturated heterocycles. The van der Waals surface area contributed by atoms with Gasteiger partial charge in [0.05, 0.1) is 0 Å². The zero-order chi connectivity index (χ0) is 16.1. The largest absolute Gasteiger partial charge is 0.354 e. The highest BCUT2D eigenvalue weighted by molar-refractivity contribution is 5.97. The maximum atomic E-state index is 11.8. The van der Waals surface area contributed by atoms with E-state index in [1.807, 2.05) is 24.4 Å². The number of aromatic nitrogens is 1. The summed E-state index contributed by atoms with van der Waals surface area (Å²) in [7, 11) is 0. The van der Waals surface area contributed by atoms with Gasteiger partial charge in [-0.2, -0.15) is 0 Å². The van der Waals surface area contributed by atoms with Crippen molar-refractivity contribution in [2.75, 3.05) is 44.2 Å². The summed E-state index contributed by atoms with van der Waals surface area (Å²) in [6.07, 6.45) is 4.45. The number of rotatable bonds is 5. The SMILES string of the molecule is O=C1CCCC(=O)N1CCCN1CCN(c2ccccn2)CC1. The van der Waals surface area contributed by atoms with E-state index in [1.54, 1.807) is 0 Å². The van der Waals surface area contributed by atoms with Crippen LogP contribution in [-0.2, 0) is 9.59 Å². The predicted molar refractivity (Wildman–Crippen MR) is 88.1 cm³/mol. The van der Waals surface area contributed by atoms with Crippen LogP contribution in [0.1, 0.15) is 25.7 Å². The number of hydrogen-bond donors (Lipinski definition) is 0. The molecule has 0 aliphatic carbocycles. The number of nitrogens with zero attached hydrogens (tertiary/aromatic N) is 4. The van der Waals surface area contributed by atoms with E-state index in [0.29, 0.717) is 25.8 Å². The molecule has 2 amide bonds. The summed E-state index contributed by atoms with van der Waals surface area (Å²) < 4.78 is 0. The van der Waals surface area contributed by atoms with Crippen molar-refractivity contribution in [1.82, 2.24) is 14.8 Å². The third-order valence-electron chi connectivity index (χ3n) is 4.59. The molecular formula is C17H24N4O2. The molecule has 2 fully saturated rings. The number of carbonyl (C=O) groups is 2. The van der Waals surface area contributed by atoms with Crippen molar-refractivity contribution in [3.05, 3.63) is 24.4 Å². The van der Waals surface area contributed by atoms with E-state index >= 15 is 0 Å². The monoisotopic (exact) mass is 316 g/mol. The van der Waals surface area contributed by atoms with Gasteiger partial charge < -0.3 is 4.90 Å². The van der Waals surface area contributed by atoms with E-state index in [0.717, 1.165) is 45.0 Å². The Balaban J connectivity index is 1.39. The highest BCUT2D eigenvalue weighted by atomic mass is 16.2. The van der Waals surface area contributed by atoms with Crippen LogP contribution in [-0.4, -0.2) is 65.9 Å². The average Bonchev–Trinajstić information content (AvgIpc) is 2.59. The molecule has 6 heteroatoms. The fraction of sp³-hybridized carbons (Fsp3) is 0.588. The molecule has 0 radical (unpaired) electrons. The van der Waals surface area contributed by atoms with Gasteiger partial charge in [-0.05, 0) is 31.5 Å². The normalized spacial score (nSPS) is 20.2. The molecule has 0 aromatic carbocycles. The first-order valence-corrected chi connectivity index (χ1v) is 8.45. The maximum Gasteiger partial charge on any atom is 0.229 e. The van der Waals surface area contributed by atoms with Gasteiger partial charge in [0.1, 0.15) is 5.82 Å². The van der Waals surface area contributed by atoms with Crippen molar-refractivity contribution in [2.45, 2.75) is 25.7 Å². The van der Waals surface area contributed by atoms with Crippen molar-refractivity contribution in [3.8, 4) is 0 Å². The molecule has 124 valence electrons. The molecule has 23 heavy (non-hydrogen) atoms. The fourth-order valence-corrected chi connectivity index (χ4v) is 3.24. The number of carbonyl (C=O) groups excluding carboxylic acids is 2. The quantitative estimate of drug-likeness (QED) is 0.762. The number of piperazine rings is 1. The van der Waals surface area contributed by atoms with E-state index in [1.165, 1.54) is 4.90 Å². The van der Waals surface area contributed by atoms with E-state index in [-0.39, 0.29) is 11.8 Å². The van der Waals surface area contributed by atoms with Crippen LogP contribution >= 0.6 is 0 Å². The molecule has 1 aromatic rings. The van der Waals surface area contributed by atoms with Gasteiger partial charge in [0, 0.05) is 51.8 Å². The van der Waals surface area contributed by atoms with Gasteiger partial charge in [-0.3, -0.25) is 19.4 Å². The molecule has 0 spiro atoms. The van der Waals surface area contributed by atoms with Crippen molar-refractivity contribution < 1.29 is 9.59 Å². The summed E-state index contributed by atoms with van der Waals surface area (Å²) in [5.74, 6) is 1.04. The number of anilines is 1. The standard InChI is InChI=1S/C17H24N4O2/c22-16-6-3-7-17(23)21(16)10-4-9-19-11-13-20(14-12-19)15-5-1-2-8-18-15/h1-2,5,8H,3-4,6-7,9-14H2. The lowest BCUT2D eigenvalue weighted by Gasteiger charge is -2.35. The Morgan fingerprint density at radius 1 is 0.957 bits per heavy atom. The van der Waals surface area contributed by atoms with Crippen LogP contribution in [0, 0.1) is 0 Å². The molecule has 2 aliphatic rings. The van der Waals surface area contributed by atoms with Gasteiger partial charge in [-0.1, -0.05) is 6.07 Å². The molecule has 0 unspecified atom stereocenters.